The zero-order chi connectivity index (χ0) is 34.2. The fraction of sp³-hybridized carbons (Fsp3) is 0.367. The molecular weight excluding hydrogens is 604 g/mol. The number of hydrogen-bond acceptors (Lipinski definition) is 10. The zero-order valence-corrected chi connectivity index (χ0v) is 26.2. The van der Waals surface area contributed by atoms with E-state index in [4.69, 9.17) is 13.9 Å². The van der Waals surface area contributed by atoms with Crippen LogP contribution >= 0.6 is 0 Å². The fourth-order valence-electron chi connectivity index (χ4n) is 3.80. The molecule has 0 spiro atoms. The lowest BCUT2D eigenvalue weighted by atomic mass is 10.1. The Labute approximate surface area is 263 Å². The number of ether oxygens (including phenoxy) is 2. The van der Waals surface area contributed by atoms with Crippen LogP contribution in [0.1, 0.15) is 62.5 Å². The summed E-state index contributed by atoms with van der Waals surface area (Å²) in [6.07, 6.45) is -1.40. The molecule has 0 atom stereocenters. The van der Waals surface area contributed by atoms with Crippen LogP contribution in [0.2, 0.25) is 0 Å². The van der Waals surface area contributed by atoms with E-state index in [-0.39, 0.29) is 31.0 Å². The van der Waals surface area contributed by atoms with Gasteiger partial charge >= 0.3 is 24.0 Å². The average Bonchev–Trinajstić information content (AvgIpc) is 3.44. The van der Waals surface area contributed by atoms with Gasteiger partial charge in [-0.05, 0) is 82.6 Å². The summed E-state index contributed by atoms with van der Waals surface area (Å²) >= 11 is 0. The monoisotopic (exact) mass is 640 g/mol. The summed E-state index contributed by atoms with van der Waals surface area (Å²) in [7, 11) is 0. The third kappa shape index (κ3) is 10.8. The molecule has 2 aromatic carbocycles. The second-order valence-electron chi connectivity index (χ2n) is 12.0. The van der Waals surface area contributed by atoms with E-state index in [1.54, 1.807) is 71.9 Å². The van der Waals surface area contributed by atoms with Crippen LogP contribution in [0.25, 0.3) is 10.8 Å². The highest BCUT2D eigenvalue weighted by Gasteiger charge is 2.25. The van der Waals surface area contributed by atoms with E-state index in [1.165, 1.54) is 6.07 Å². The first kappa shape index (κ1) is 34.8. The smallest absolute Gasteiger partial charge is 0.433 e. The lowest BCUT2D eigenvalue weighted by Crippen LogP contribution is -2.45. The first-order chi connectivity index (χ1) is 21.4. The third-order valence-corrected chi connectivity index (χ3v) is 5.71. The maximum Gasteiger partial charge on any atom is 0.433 e. The second kappa shape index (κ2) is 14.4. The number of fused-ring (bicyclic) bond motifs is 1. The SMILES string of the molecule is CC(C)(C)OC(=O)NCCN(CC(=O)Nc1ccc2cc(C(=O)NNC(=O)c3ccc([N+](=O)[O-])o3)ccc2c1)C(=O)OC(C)(C)C. The molecule has 246 valence electrons. The van der Waals surface area contributed by atoms with Gasteiger partial charge in [0.05, 0.1) is 6.07 Å². The Balaban J connectivity index is 1.61. The second-order valence-corrected chi connectivity index (χ2v) is 12.0. The van der Waals surface area contributed by atoms with Gasteiger partial charge in [-0.3, -0.25) is 40.2 Å². The van der Waals surface area contributed by atoms with Gasteiger partial charge in [0.15, 0.2) is 0 Å². The quantitative estimate of drug-likeness (QED) is 0.194. The summed E-state index contributed by atoms with van der Waals surface area (Å²) in [5.74, 6) is -3.03. The van der Waals surface area contributed by atoms with Crippen LogP contribution in [0.5, 0.6) is 0 Å². The van der Waals surface area contributed by atoms with Crippen LogP contribution in [-0.2, 0) is 14.3 Å². The Morgan fingerprint density at radius 1 is 0.848 bits per heavy atom. The number of nitrogens with one attached hydrogen (secondary N) is 4. The molecule has 3 rings (SSSR count). The number of rotatable bonds is 9. The summed E-state index contributed by atoms with van der Waals surface area (Å²) in [6, 6.07) is 11.7. The minimum Gasteiger partial charge on any atom is -0.444 e. The molecule has 5 amide bonds. The van der Waals surface area contributed by atoms with Crippen molar-refractivity contribution in [2.75, 3.05) is 25.0 Å². The predicted molar refractivity (Wildman–Crippen MR) is 165 cm³/mol. The minimum absolute atomic E-state index is 0.0162. The Hall–Kier alpha value is -5.67. The number of alkyl carbamates (subject to hydrolysis) is 1. The van der Waals surface area contributed by atoms with Crippen LogP contribution in [0, 0.1) is 10.1 Å². The highest BCUT2D eigenvalue weighted by molar-refractivity contribution is 6.02. The number of amides is 5. The van der Waals surface area contributed by atoms with Crippen LogP contribution < -0.4 is 21.5 Å². The van der Waals surface area contributed by atoms with Gasteiger partial charge in [0.25, 0.3) is 5.91 Å². The molecule has 0 bridgehead atoms. The van der Waals surface area contributed by atoms with Crippen molar-refractivity contribution in [1.29, 1.82) is 0 Å². The Kier molecular flexibility index (Phi) is 10.9. The number of anilines is 1. The van der Waals surface area contributed by atoms with Crippen LogP contribution in [0.4, 0.5) is 21.2 Å². The molecule has 4 N–H and O–H groups in total. The Morgan fingerprint density at radius 3 is 2.11 bits per heavy atom. The summed E-state index contributed by atoms with van der Waals surface area (Å²) in [4.78, 5) is 73.5. The number of carbonyl (C=O) groups is 5. The van der Waals surface area contributed by atoms with Gasteiger partial charge in [-0.2, -0.15) is 0 Å². The molecule has 0 aliphatic rings. The molecule has 46 heavy (non-hydrogen) atoms. The van der Waals surface area contributed by atoms with Gasteiger partial charge in [-0.25, -0.2) is 9.59 Å². The third-order valence-electron chi connectivity index (χ3n) is 5.71. The van der Waals surface area contributed by atoms with Crippen molar-refractivity contribution >= 4 is 52.3 Å². The molecule has 1 heterocycles. The molecule has 0 saturated carbocycles. The number of hydrogen-bond donors (Lipinski definition) is 4. The summed E-state index contributed by atoms with van der Waals surface area (Å²) in [5, 5.41) is 17.3. The molecule has 0 aliphatic heterocycles. The zero-order valence-electron chi connectivity index (χ0n) is 26.2. The van der Waals surface area contributed by atoms with E-state index in [1.807, 2.05) is 0 Å². The van der Waals surface area contributed by atoms with E-state index < -0.39 is 51.9 Å². The Bertz CT molecular complexity index is 1640. The normalized spacial score (nSPS) is 11.3. The van der Waals surface area contributed by atoms with E-state index in [0.717, 1.165) is 17.0 Å². The highest BCUT2D eigenvalue weighted by Crippen LogP contribution is 2.21. The standard InChI is InChI=1S/C30H36N6O10/c1-29(2,3)45-27(40)31-13-14-35(28(41)46-30(4,5)6)17-23(37)32-21-10-9-18-15-20(8-7-19(18)16-21)25(38)33-34-26(39)22-11-12-24(44-22)36(42)43/h7-12,15-16H,13-14,17H2,1-6H3,(H,31,40)(H,32,37)(H,33,38)(H,34,39). The molecule has 0 aliphatic carbocycles. The fourth-order valence-corrected chi connectivity index (χ4v) is 3.80. The van der Waals surface area contributed by atoms with Crippen LogP contribution in [-0.4, -0.2) is 70.6 Å². The van der Waals surface area contributed by atoms with Gasteiger partial charge < -0.3 is 24.5 Å². The topological polar surface area (TPSA) is 211 Å². The number of benzene rings is 2. The highest BCUT2D eigenvalue weighted by atomic mass is 16.6. The maximum atomic E-state index is 12.9. The minimum atomic E-state index is -0.882. The number of carbonyl (C=O) groups excluding carboxylic acids is 5. The molecule has 0 radical (unpaired) electrons. The summed E-state index contributed by atoms with van der Waals surface area (Å²) < 4.78 is 15.4. The van der Waals surface area contributed by atoms with E-state index in [9.17, 15) is 34.1 Å². The van der Waals surface area contributed by atoms with Gasteiger partial charge in [0.1, 0.15) is 22.7 Å². The van der Waals surface area contributed by atoms with Crippen LogP contribution in [0.3, 0.4) is 0 Å². The van der Waals surface area contributed by atoms with Gasteiger partial charge in [0.2, 0.25) is 11.7 Å². The molecule has 0 fully saturated rings. The molecule has 16 heteroatoms. The van der Waals surface area contributed by atoms with Crippen molar-refractivity contribution in [2.45, 2.75) is 52.7 Å². The van der Waals surface area contributed by atoms with Crippen molar-refractivity contribution in [3.8, 4) is 0 Å². The van der Waals surface area contributed by atoms with Gasteiger partial charge in [-0.15, -0.1) is 0 Å². The molecule has 1 aromatic heterocycles. The van der Waals surface area contributed by atoms with E-state index >= 15 is 0 Å². The number of hydrazine groups is 1. The number of nitrogens with zero attached hydrogens (tertiary/aromatic N) is 2. The van der Waals surface area contributed by atoms with Gasteiger partial charge in [-0.1, -0.05) is 12.1 Å². The van der Waals surface area contributed by atoms with Gasteiger partial charge in [0, 0.05) is 24.3 Å². The average molecular weight is 641 g/mol. The Morgan fingerprint density at radius 2 is 1.48 bits per heavy atom. The van der Waals surface area contributed by atoms with Crippen molar-refractivity contribution in [1.82, 2.24) is 21.1 Å². The summed E-state index contributed by atoms with van der Waals surface area (Å²) in [6.45, 7) is 9.87. The molecular formula is C30H36N6O10. The van der Waals surface area contributed by atoms with Crippen molar-refractivity contribution in [3.63, 3.8) is 0 Å². The number of nitro groups is 1. The van der Waals surface area contributed by atoms with E-state index in [0.29, 0.717) is 16.5 Å². The lowest BCUT2D eigenvalue weighted by Gasteiger charge is -2.27. The predicted octanol–water partition coefficient (Wildman–Crippen LogP) is 4.12. The molecule has 16 nitrogen and oxygen atoms in total. The number of furan rings is 1. The van der Waals surface area contributed by atoms with E-state index in [2.05, 4.69) is 21.5 Å². The van der Waals surface area contributed by atoms with Crippen LogP contribution in [0.15, 0.2) is 52.9 Å². The molecule has 0 saturated heterocycles. The lowest BCUT2D eigenvalue weighted by molar-refractivity contribution is -0.402. The first-order valence-corrected chi connectivity index (χ1v) is 14.0. The first-order valence-electron chi connectivity index (χ1n) is 14.0. The largest absolute Gasteiger partial charge is 0.444 e. The maximum absolute atomic E-state index is 12.9. The van der Waals surface area contributed by atoms with Crippen molar-refractivity contribution in [2.24, 2.45) is 0 Å². The van der Waals surface area contributed by atoms with Crippen molar-refractivity contribution < 1.29 is 42.8 Å². The molecule has 3 aromatic rings. The molecule has 0 unspecified atom stereocenters. The summed E-state index contributed by atoms with van der Waals surface area (Å²) in [5.41, 5.74) is 3.44. The van der Waals surface area contributed by atoms with Crippen molar-refractivity contribution in [3.05, 3.63) is 70.0 Å².